The second-order valence-corrected chi connectivity index (χ2v) is 10.4. The highest BCUT2D eigenvalue weighted by Crippen LogP contribution is 2.48. The van der Waals surface area contributed by atoms with Crippen LogP contribution in [0.3, 0.4) is 0 Å². The molecule has 1 unspecified atom stereocenters. The first-order valence-electron chi connectivity index (χ1n) is 13.9. The first-order valence-corrected chi connectivity index (χ1v) is 13.9. The quantitative estimate of drug-likeness (QED) is 0.225. The highest BCUT2D eigenvalue weighted by atomic mass is 16.6. The maximum atomic E-state index is 13.9. The van der Waals surface area contributed by atoms with Crippen molar-refractivity contribution in [1.82, 2.24) is 0 Å². The van der Waals surface area contributed by atoms with Gasteiger partial charge in [-0.15, -0.1) is 0 Å². The number of aliphatic imine (C=N–C) groups is 1. The number of benzene rings is 3. The Kier molecular flexibility index (Phi) is 8.95. The SMILES string of the molecule is COCCOC(=O)C1C(C)=NC2=C(C(=O)C[C@@H](c3ccccc3)C2)[C@@H]1c1ccc(OCc2ccccc2)c(OC)c1. The Morgan fingerprint density at radius 2 is 1.61 bits per heavy atom. The van der Waals surface area contributed by atoms with E-state index >= 15 is 0 Å². The summed E-state index contributed by atoms with van der Waals surface area (Å²) in [7, 11) is 3.14. The van der Waals surface area contributed by atoms with Gasteiger partial charge < -0.3 is 18.9 Å². The number of ketones is 1. The van der Waals surface area contributed by atoms with Crippen molar-refractivity contribution in [1.29, 1.82) is 0 Å². The Hall–Kier alpha value is -4.23. The molecule has 0 radical (unpaired) electrons. The van der Waals surface area contributed by atoms with Gasteiger partial charge in [0.15, 0.2) is 17.3 Å². The van der Waals surface area contributed by atoms with E-state index in [-0.39, 0.29) is 24.9 Å². The number of esters is 1. The minimum Gasteiger partial charge on any atom is -0.493 e. The second kappa shape index (κ2) is 13.0. The molecule has 3 aromatic carbocycles. The fraction of sp³-hybridized carbons (Fsp3) is 0.324. The lowest BCUT2D eigenvalue weighted by atomic mass is 9.69. The summed E-state index contributed by atoms with van der Waals surface area (Å²) in [5.74, 6) is -0.595. The van der Waals surface area contributed by atoms with Crippen LogP contribution in [0.4, 0.5) is 0 Å². The van der Waals surface area contributed by atoms with Crippen molar-refractivity contribution in [3.63, 3.8) is 0 Å². The average molecular weight is 554 g/mol. The van der Waals surface area contributed by atoms with Crippen LogP contribution in [-0.4, -0.2) is 44.9 Å². The van der Waals surface area contributed by atoms with Crippen LogP contribution in [0, 0.1) is 5.92 Å². The molecule has 0 fully saturated rings. The molecular weight excluding hydrogens is 518 g/mol. The number of hydrogen-bond donors (Lipinski definition) is 0. The fourth-order valence-corrected chi connectivity index (χ4v) is 5.73. The number of nitrogens with zero attached hydrogens (tertiary/aromatic N) is 1. The van der Waals surface area contributed by atoms with Gasteiger partial charge in [0.2, 0.25) is 0 Å². The molecule has 7 nitrogen and oxygen atoms in total. The standard InChI is InChI=1S/C34H35NO6/c1-22-31(34(37)40-17-16-38-2)32(33-27(35-22)18-26(19-28(33)36)24-12-8-5-9-13-24)25-14-15-29(30(20-25)39-3)41-21-23-10-6-4-7-11-23/h4-15,20,26,31-32H,16-19,21H2,1-3H3/t26-,31?,32+/m0/s1. The van der Waals surface area contributed by atoms with Crippen molar-refractivity contribution in [3.8, 4) is 11.5 Å². The summed E-state index contributed by atoms with van der Waals surface area (Å²) in [6, 6.07) is 25.5. The summed E-state index contributed by atoms with van der Waals surface area (Å²) < 4.78 is 22.4. The molecule has 7 heteroatoms. The number of allylic oxidation sites excluding steroid dienone is 2. The maximum absolute atomic E-state index is 13.9. The zero-order valence-corrected chi connectivity index (χ0v) is 23.7. The summed E-state index contributed by atoms with van der Waals surface area (Å²) in [4.78, 5) is 32.2. The van der Waals surface area contributed by atoms with Gasteiger partial charge in [-0.2, -0.15) is 0 Å². The lowest BCUT2D eigenvalue weighted by molar-refractivity contribution is -0.147. The Morgan fingerprint density at radius 1 is 0.878 bits per heavy atom. The van der Waals surface area contributed by atoms with Gasteiger partial charge in [-0.05, 0) is 48.1 Å². The van der Waals surface area contributed by atoms with Crippen molar-refractivity contribution in [3.05, 3.63) is 107 Å². The van der Waals surface area contributed by atoms with E-state index in [9.17, 15) is 9.59 Å². The van der Waals surface area contributed by atoms with E-state index < -0.39 is 17.8 Å². The zero-order valence-electron chi connectivity index (χ0n) is 23.7. The first kappa shape index (κ1) is 28.3. The van der Waals surface area contributed by atoms with Gasteiger partial charge in [-0.1, -0.05) is 66.7 Å². The van der Waals surface area contributed by atoms with E-state index in [1.165, 1.54) is 0 Å². The molecule has 0 amide bonds. The van der Waals surface area contributed by atoms with Crippen LogP contribution in [0.25, 0.3) is 0 Å². The highest BCUT2D eigenvalue weighted by Gasteiger charge is 2.45. The van der Waals surface area contributed by atoms with Crippen molar-refractivity contribution in [2.75, 3.05) is 27.4 Å². The molecule has 2 aliphatic rings. The van der Waals surface area contributed by atoms with Crippen LogP contribution in [0.2, 0.25) is 0 Å². The summed E-state index contributed by atoms with van der Waals surface area (Å²) in [5, 5.41) is 0. The number of rotatable bonds is 10. The predicted molar refractivity (Wildman–Crippen MR) is 156 cm³/mol. The molecule has 3 atom stereocenters. The van der Waals surface area contributed by atoms with Gasteiger partial charge >= 0.3 is 5.97 Å². The Bertz CT molecular complexity index is 1450. The highest BCUT2D eigenvalue weighted by molar-refractivity contribution is 6.09. The predicted octanol–water partition coefficient (Wildman–Crippen LogP) is 6.04. The smallest absolute Gasteiger partial charge is 0.315 e. The lowest BCUT2D eigenvalue weighted by Gasteiger charge is -2.36. The van der Waals surface area contributed by atoms with Gasteiger partial charge in [0, 0.05) is 36.4 Å². The van der Waals surface area contributed by atoms with Crippen LogP contribution in [-0.2, 0) is 25.7 Å². The normalized spacial score (nSPS) is 20.2. The molecule has 1 heterocycles. The lowest BCUT2D eigenvalue weighted by Crippen LogP contribution is -2.38. The molecule has 0 saturated heterocycles. The molecule has 0 spiro atoms. The third-order valence-electron chi connectivity index (χ3n) is 7.73. The number of hydrogen-bond acceptors (Lipinski definition) is 7. The van der Waals surface area contributed by atoms with E-state index in [1.54, 1.807) is 14.2 Å². The van der Waals surface area contributed by atoms with E-state index in [1.807, 2.05) is 73.7 Å². The number of Topliss-reactive ketones (excluding diaryl/α,β-unsaturated/α-hetero) is 1. The zero-order chi connectivity index (χ0) is 28.8. The van der Waals surface area contributed by atoms with E-state index in [0.717, 1.165) is 22.4 Å². The van der Waals surface area contributed by atoms with Crippen molar-refractivity contribution < 1.29 is 28.5 Å². The van der Waals surface area contributed by atoms with Crippen LogP contribution < -0.4 is 9.47 Å². The number of methoxy groups -OCH3 is 2. The molecular formula is C34H35NO6. The molecule has 212 valence electrons. The average Bonchev–Trinajstić information content (AvgIpc) is 3.00. The third kappa shape index (κ3) is 6.25. The molecule has 0 bridgehead atoms. The molecule has 1 aliphatic carbocycles. The number of carbonyl (C=O) groups is 2. The largest absolute Gasteiger partial charge is 0.493 e. The monoisotopic (exact) mass is 553 g/mol. The van der Waals surface area contributed by atoms with E-state index in [2.05, 4.69) is 12.1 Å². The summed E-state index contributed by atoms with van der Waals surface area (Å²) in [6.45, 7) is 2.63. The Morgan fingerprint density at radius 3 is 2.32 bits per heavy atom. The third-order valence-corrected chi connectivity index (χ3v) is 7.73. The first-order chi connectivity index (χ1) is 20.0. The van der Waals surface area contributed by atoms with Gasteiger partial charge in [-0.25, -0.2) is 0 Å². The van der Waals surface area contributed by atoms with Crippen molar-refractivity contribution >= 4 is 17.5 Å². The Balaban J connectivity index is 1.51. The Labute approximate surface area is 240 Å². The van der Waals surface area contributed by atoms with Crippen LogP contribution >= 0.6 is 0 Å². The maximum Gasteiger partial charge on any atom is 0.315 e. The van der Waals surface area contributed by atoms with Crippen molar-refractivity contribution in [2.45, 2.75) is 38.2 Å². The van der Waals surface area contributed by atoms with Gasteiger partial charge in [0.25, 0.3) is 0 Å². The summed E-state index contributed by atoms with van der Waals surface area (Å²) >= 11 is 0. The van der Waals surface area contributed by atoms with Gasteiger partial charge in [-0.3, -0.25) is 14.6 Å². The summed E-state index contributed by atoms with van der Waals surface area (Å²) in [6.07, 6.45) is 0.981. The van der Waals surface area contributed by atoms with Gasteiger partial charge in [0.05, 0.1) is 13.7 Å². The summed E-state index contributed by atoms with van der Waals surface area (Å²) in [5.41, 5.74) is 4.86. The second-order valence-electron chi connectivity index (χ2n) is 10.4. The van der Waals surface area contributed by atoms with Crippen molar-refractivity contribution in [2.24, 2.45) is 10.9 Å². The number of carbonyl (C=O) groups excluding carboxylic acids is 2. The minimum absolute atomic E-state index is 0.000541. The van der Waals surface area contributed by atoms with Crippen LogP contribution in [0.1, 0.15) is 48.3 Å². The molecule has 5 rings (SSSR count). The van der Waals surface area contributed by atoms with Crippen LogP contribution in [0.15, 0.2) is 95.1 Å². The van der Waals surface area contributed by atoms with Gasteiger partial charge in [0.1, 0.15) is 19.1 Å². The molecule has 3 aromatic rings. The fourth-order valence-electron chi connectivity index (χ4n) is 5.73. The molecule has 0 aromatic heterocycles. The minimum atomic E-state index is -0.747. The molecule has 1 aliphatic heterocycles. The molecule has 0 N–H and O–H groups in total. The number of ether oxygens (including phenoxy) is 4. The van der Waals surface area contributed by atoms with E-state index in [4.69, 9.17) is 23.9 Å². The van der Waals surface area contributed by atoms with E-state index in [0.29, 0.717) is 42.2 Å². The topological polar surface area (TPSA) is 83.4 Å². The molecule has 41 heavy (non-hydrogen) atoms. The van der Waals surface area contributed by atoms with Crippen LogP contribution in [0.5, 0.6) is 11.5 Å². The molecule has 0 saturated carbocycles.